The molecule has 0 bridgehead atoms. The number of rotatable bonds is 13. The zero-order valence-electron chi connectivity index (χ0n) is 22.8. The minimum Gasteiger partial charge on any atom is -0.429 e. The normalized spacial score (nSPS) is 17.7. The highest BCUT2D eigenvalue weighted by atomic mass is 19.3. The lowest BCUT2D eigenvalue weighted by atomic mass is 9.77. The van der Waals surface area contributed by atoms with Gasteiger partial charge < -0.3 is 4.74 Å². The predicted molar refractivity (Wildman–Crippen MR) is 147 cm³/mol. The summed E-state index contributed by atoms with van der Waals surface area (Å²) in [5.74, 6) is -2.16. The Morgan fingerprint density at radius 3 is 2.10 bits per heavy atom. The molecule has 0 atom stereocenters. The third-order valence-electron chi connectivity index (χ3n) is 8.32. The molecule has 0 radical (unpaired) electrons. The Morgan fingerprint density at radius 2 is 1.44 bits per heavy atom. The first kappa shape index (κ1) is 29.4. The monoisotopic (exact) mass is 546 g/mol. The Labute approximate surface area is 228 Å². The molecule has 3 aromatic rings. The van der Waals surface area contributed by atoms with Crippen molar-refractivity contribution in [3.05, 3.63) is 76.6 Å². The van der Waals surface area contributed by atoms with E-state index in [9.17, 15) is 17.6 Å². The smallest absolute Gasteiger partial charge is 0.387 e. The number of hydrogen-bond acceptors (Lipinski definition) is 1. The molecular formula is C33H39F5O. The summed E-state index contributed by atoms with van der Waals surface area (Å²) in [5.41, 5.74) is 1.90. The maximum absolute atomic E-state index is 15.3. The van der Waals surface area contributed by atoms with Crippen LogP contribution in [-0.2, 0) is 19.3 Å². The second kappa shape index (κ2) is 14.1. The van der Waals surface area contributed by atoms with Crippen molar-refractivity contribution in [1.29, 1.82) is 0 Å². The van der Waals surface area contributed by atoms with Crippen LogP contribution in [0.4, 0.5) is 22.0 Å². The van der Waals surface area contributed by atoms with Crippen LogP contribution in [0, 0.1) is 29.3 Å². The molecule has 0 unspecified atom stereocenters. The number of halogens is 5. The van der Waals surface area contributed by atoms with Gasteiger partial charge in [0.05, 0.1) is 0 Å². The molecule has 3 aromatic carbocycles. The van der Waals surface area contributed by atoms with Crippen LogP contribution in [0.15, 0.2) is 42.5 Å². The predicted octanol–water partition coefficient (Wildman–Crippen LogP) is 10.4. The van der Waals surface area contributed by atoms with Crippen molar-refractivity contribution >= 4 is 10.8 Å². The van der Waals surface area contributed by atoms with Gasteiger partial charge in [0.2, 0.25) is 0 Å². The molecule has 4 rings (SSSR count). The third-order valence-corrected chi connectivity index (χ3v) is 8.32. The van der Waals surface area contributed by atoms with Gasteiger partial charge in [-0.15, -0.1) is 0 Å². The highest BCUT2D eigenvalue weighted by Gasteiger charge is 2.21. The van der Waals surface area contributed by atoms with Crippen LogP contribution < -0.4 is 4.74 Å². The molecule has 0 spiro atoms. The second-order valence-corrected chi connectivity index (χ2v) is 11.1. The molecule has 1 fully saturated rings. The SMILES string of the molecule is CCCCCCC1CCC(CCc2ccc3c(F)c(CCc4cc(F)c(OC(F)F)c(F)c4)ccc3c2)CC1. The number of alkyl halides is 2. The van der Waals surface area contributed by atoms with E-state index >= 15 is 4.39 Å². The summed E-state index contributed by atoms with van der Waals surface area (Å²) in [5, 5.41) is 1.37. The van der Waals surface area contributed by atoms with Gasteiger partial charge in [-0.1, -0.05) is 95.0 Å². The van der Waals surface area contributed by atoms with E-state index in [4.69, 9.17) is 0 Å². The molecule has 0 N–H and O–H groups in total. The molecule has 1 aliphatic rings. The largest absolute Gasteiger partial charge is 0.429 e. The van der Waals surface area contributed by atoms with E-state index in [1.54, 1.807) is 6.07 Å². The Morgan fingerprint density at radius 1 is 0.744 bits per heavy atom. The second-order valence-electron chi connectivity index (χ2n) is 11.1. The van der Waals surface area contributed by atoms with Crippen LogP contribution in [0.3, 0.4) is 0 Å². The van der Waals surface area contributed by atoms with Crippen molar-refractivity contribution in [3.8, 4) is 5.75 Å². The van der Waals surface area contributed by atoms with Gasteiger partial charge in [-0.25, -0.2) is 13.2 Å². The van der Waals surface area contributed by atoms with Crippen molar-refractivity contribution in [2.75, 3.05) is 0 Å². The van der Waals surface area contributed by atoms with Crippen molar-refractivity contribution in [2.45, 2.75) is 97.0 Å². The number of fused-ring (bicyclic) bond motifs is 1. The summed E-state index contributed by atoms with van der Waals surface area (Å²) in [6.07, 6.45) is 14.7. The molecule has 0 aliphatic heterocycles. The number of benzene rings is 3. The molecule has 0 amide bonds. The Hall–Kier alpha value is -2.63. The topological polar surface area (TPSA) is 9.23 Å². The van der Waals surface area contributed by atoms with E-state index in [1.807, 2.05) is 18.2 Å². The molecule has 6 heteroatoms. The van der Waals surface area contributed by atoms with E-state index in [0.29, 0.717) is 10.9 Å². The van der Waals surface area contributed by atoms with Gasteiger partial charge in [0, 0.05) is 5.39 Å². The van der Waals surface area contributed by atoms with Gasteiger partial charge in [0.25, 0.3) is 0 Å². The number of hydrogen-bond donors (Lipinski definition) is 0. The molecule has 1 nitrogen and oxygen atoms in total. The minimum atomic E-state index is -3.32. The molecule has 1 saturated carbocycles. The van der Waals surface area contributed by atoms with Gasteiger partial charge in [0.1, 0.15) is 5.82 Å². The van der Waals surface area contributed by atoms with Crippen molar-refractivity contribution in [2.24, 2.45) is 11.8 Å². The van der Waals surface area contributed by atoms with Gasteiger partial charge >= 0.3 is 6.61 Å². The average Bonchev–Trinajstić information content (AvgIpc) is 2.92. The lowest BCUT2D eigenvalue weighted by Crippen LogP contribution is -2.15. The zero-order chi connectivity index (χ0) is 27.8. The standard InChI is InChI=1S/C33H39F5O/c1-2-3-4-5-6-22-7-9-23(10-8-22)11-12-24-14-18-28-27(19-24)17-16-26(31(28)36)15-13-25-20-29(34)32(30(35)21-25)39-33(37)38/h14,16-23,33H,2-13,15H2,1H3. The van der Waals surface area contributed by atoms with E-state index in [-0.39, 0.29) is 24.2 Å². The Balaban J connectivity index is 1.30. The lowest BCUT2D eigenvalue weighted by Gasteiger charge is -2.28. The fourth-order valence-corrected chi connectivity index (χ4v) is 6.01. The summed E-state index contributed by atoms with van der Waals surface area (Å²) in [7, 11) is 0. The molecule has 0 aromatic heterocycles. The van der Waals surface area contributed by atoms with Gasteiger partial charge in [0.15, 0.2) is 17.4 Å². The maximum atomic E-state index is 15.3. The molecule has 1 aliphatic carbocycles. The van der Waals surface area contributed by atoms with Crippen molar-refractivity contribution < 1.29 is 26.7 Å². The zero-order valence-corrected chi connectivity index (χ0v) is 22.8. The van der Waals surface area contributed by atoms with E-state index in [1.165, 1.54) is 69.8 Å². The van der Waals surface area contributed by atoms with Crippen molar-refractivity contribution in [1.82, 2.24) is 0 Å². The average molecular weight is 547 g/mol. The highest BCUT2D eigenvalue weighted by molar-refractivity contribution is 5.84. The third kappa shape index (κ3) is 8.18. The highest BCUT2D eigenvalue weighted by Crippen LogP contribution is 2.35. The first-order valence-electron chi connectivity index (χ1n) is 14.5. The molecule has 0 saturated heterocycles. The Kier molecular flexibility index (Phi) is 10.6. The molecular weight excluding hydrogens is 507 g/mol. The number of aryl methyl sites for hydroxylation is 3. The van der Waals surface area contributed by atoms with E-state index in [0.717, 1.165) is 35.8 Å². The lowest BCUT2D eigenvalue weighted by molar-refractivity contribution is -0.0546. The van der Waals surface area contributed by atoms with E-state index < -0.39 is 24.0 Å². The fraction of sp³-hybridized carbons (Fsp3) is 0.515. The first-order valence-corrected chi connectivity index (χ1v) is 14.5. The number of unbranched alkanes of at least 4 members (excludes halogenated alkanes) is 3. The summed E-state index contributed by atoms with van der Waals surface area (Å²) >= 11 is 0. The van der Waals surface area contributed by atoms with Gasteiger partial charge in [-0.05, 0) is 71.7 Å². The summed E-state index contributed by atoms with van der Waals surface area (Å²) in [6, 6.07) is 11.4. The minimum absolute atomic E-state index is 0.157. The molecule has 0 heterocycles. The summed E-state index contributed by atoms with van der Waals surface area (Å²) in [4.78, 5) is 0. The van der Waals surface area contributed by atoms with Crippen LogP contribution in [0.2, 0.25) is 0 Å². The van der Waals surface area contributed by atoms with Crippen LogP contribution in [0.25, 0.3) is 10.8 Å². The van der Waals surface area contributed by atoms with Crippen LogP contribution >= 0.6 is 0 Å². The number of ether oxygens (including phenoxy) is 1. The fourth-order valence-electron chi connectivity index (χ4n) is 6.01. The van der Waals surface area contributed by atoms with E-state index in [2.05, 4.69) is 17.7 Å². The van der Waals surface area contributed by atoms with Gasteiger partial charge in [-0.3, -0.25) is 0 Å². The van der Waals surface area contributed by atoms with Crippen molar-refractivity contribution in [3.63, 3.8) is 0 Å². The maximum Gasteiger partial charge on any atom is 0.387 e. The summed E-state index contributed by atoms with van der Waals surface area (Å²) in [6.45, 7) is -1.07. The van der Waals surface area contributed by atoms with Crippen LogP contribution in [0.5, 0.6) is 5.75 Å². The first-order chi connectivity index (χ1) is 18.8. The van der Waals surface area contributed by atoms with Crippen LogP contribution in [0.1, 0.15) is 87.8 Å². The molecule has 39 heavy (non-hydrogen) atoms. The van der Waals surface area contributed by atoms with Gasteiger partial charge in [-0.2, -0.15) is 8.78 Å². The Bertz CT molecular complexity index is 1190. The quantitative estimate of drug-likeness (QED) is 0.153. The molecule has 212 valence electrons. The summed E-state index contributed by atoms with van der Waals surface area (Å²) < 4.78 is 71.9. The van der Waals surface area contributed by atoms with Crippen LogP contribution in [-0.4, -0.2) is 6.61 Å².